The summed E-state index contributed by atoms with van der Waals surface area (Å²) in [7, 11) is 0. The summed E-state index contributed by atoms with van der Waals surface area (Å²) in [6, 6.07) is 9.10. The Hall–Kier alpha value is -4.48. The summed E-state index contributed by atoms with van der Waals surface area (Å²) in [5, 5.41) is -0.629. The van der Waals surface area contributed by atoms with Crippen molar-refractivity contribution in [3.8, 4) is 5.69 Å². The van der Waals surface area contributed by atoms with Gasteiger partial charge in [-0.3, -0.25) is 23.7 Å². The van der Waals surface area contributed by atoms with Gasteiger partial charge in [-0.1, -0.05) is 50.2 Å². The number of benzene rings is 3. The predicted octanol–water partition coefficient (Wildman–Crippen LogP) is 6.19. The van der Waals surface area contributed by atoms with E-state index in [4.69, 9.17) is 0 Å². The van der Waals surface area contributed by atoms with Crippen molar-refractivity contribution in [2.75, 3.05) is 0 Å². The topological polar surface area (TPSA) is 78.1 Å². The molecule has 0 amide bonds. The smallest absolute Gasteiger partial charge is 0.269 e. The van der Waals surface area contributed by atoms with Gasteiger partial charge in [-0.25, -0.2) is 4.57 Å². The average Bonchev–Trinajstić information content (AvgIpc) is 3.30. The third-order valence-corrected chi connectivity index (χ3v) is 7.98. The minimum Gasteiger partial charge on any atom is -0.269 e. The third kappa shape index (κ3) is 4.33. The molecule has 2 aromatic heterocycles. The number of alkyl halides is 6. The van der Waals surface area contributed by atoms with Gasteiger partial charge in [0.25, 0.3) is 22.2 Å². The molecule has 0 atom stereocenters. The summed E-state index contributed by atoms with van der Waals surface area (Å²) in [4.78, 5) is 52.6. The van der Waals surface area contributed by atoms with E-state index < -0.39 is 56.7 Å². The maximum atomic E-state index is 14.6. The lowest BCUT2D eigenvalue weighted by Gasteiger charge is -2.38. The van der Waals surface area contributed by atoms with Crippen molar-refractivity contribution >= 4 is 21.5 Å². The van der Waals surface area contributed by atoms with Crippen molar-refractivity contribution < 1.29 is 26.3 Å². The van der Waals surface area contributed by atoms with Crippen molar-refractivity contribution in [3.05, 3.63) is 119 Å². The van der Waals surface area contributed by atoms with Crippen LogP contribution in [0.4, 0.5) is 26.3 Å². The first-order chi connectivity index (χ1) is 20.2. The molecule has 0 fully saturated rings. The molecule has 5 rings (SSSR count). The molecule has 3 aromatic carbocycles. The SMILES string of the molecule is CC(C)c1ccc(C(c2ccc(-n3c(=O)c4cc5c(=O)n(C(C)(C)C)c(=O)c5cc4c3=O)cc2)(C(F)(F)F)C(F)(F)F)cc1. The molecule has 44 heavy (non-hydrogen) atoms. The summed E-state index contributed by atoms with van der Waals surface area (Å²) in [5.74, 6) is -0.135. The summed E-state index contributed by atoms with van der Waals surface area (Å²) in [5.41, 5.74) is -10.5. The first kappa shape index (κ1) is 31.0. The van der Waals surface area contributed by atoms with Crippen LogP contribution in [-0.2, 0) is 11.0 Å². The van der Waals surface area contributed by atoms with Gasteiger partial charge in [0, 0.05) is 5.54 Å². The highest BCUT2D eigenvalue weighted by Crippen LogP contribution is 2.56. The molecule has 0 saturated heterocycles. The molecule has 0 radical (unpaired) electrons. The zero-order chi connectivity index (χ0) is 32.7. The van der Waals surface area contributed by atoms with Crippen molar-refractivity contribution in [1.82, 2.24) is 9.13 Å². The molecule has 2 heterocycles. The molecule has 0 spiro atoms. The maximum absolute atomic E-state index is 14.6. The largest absolute Gasteiger partial charge is 0.411 e. The Morgan fingerprint density at radius 3 is 1.27 bits per heavy atom. The van der Waals surface area contributed by atoms with Crippen molar-refractivity contribution in [2.24, 2.45) is 0 Å². The summed E-state index contributed by atoms with van der Waals surface area (Å²) in [6.45, 7) is 8.40. The number of rotatable bonds is 4. The Bertz CT molecular complexity index is 2030. The van der Waals surface area contributed by atoms with Gasteiger partial charge >= 0.3 is 12.4 Å². The second-order valence-corrected chi connectivity index (χ2v) is 12.1. The monoisotopic (exact) mass is 616 g/mol. The highest BCUT2D eigenvalue weighted by Gasteiger charge is 2.72. The first-order valence-electron chi connectivity index (χ1n) is 13.5. The van der Waals surface area contributed by atoms with Crippen LogP contribution in [0.5, 0.6) is 0 Å². The molecular formula is C32H26F6N2O4. The van der Waals surface area contributed by atoms with Gasteiger partial charge in [-0.2, -0.15) is 26.3 Å². The highest BCUT2D eigenvalue weighted by molar-refractivity contribution is 5.98. The number of hydrogen-bond donors (Lipinski definition) is 0. The fraction of sp³-hybridized carbons (Fsp3) is 0.312. The quantitative estimate of drug-likeness (QED) is 0.226. The van der Waals surface area contributed by atoms with Crippen LogP contribution >= 0.6 is 0 Å². The zero-order valence-electron chi connectivity index (χ0n) is 24.1. The van der Waals surface area contributed by atoms with Crippen LogP contribution in [0.3, 0.4) is 0 Å². The van der Waals surface area contributed by atoms with Gasteiger partial charge in [-0.05, 0) is 67.6 Å². The third-order valence-electron chi connectivity index (χ3n) is 7.98. The molecule has 0 aliphatic heterocycles. The number of fused-ring (bicyclic) bond motifs is 2. The van der Waals surface area contributed by atoms with Crippen molar-refractivity contribution in [1.29, 1.82) is 0 Å². The van der Waals surface area contributed by atoms with E-state index in [-0.39, 0.29) is 33.2 Å². The van der Waals surface area contributed by atoms with Gasteiger partial charge in [0.15, 0.2) is 0 Å². The van der Waals surface area contributed by atoms with E-state index in [2.05, 4.69) is 0 Å². The van der Waals surface area contributed by atoms with Crippen LogP contribution in [0.1, 0.15) is 57.2 Å². The molecule has 0 saturated carbocycles. The van der Waals surface area contributed by atoms with Crippen LogP contribution in [0, 0.1) is 0 Å². The maximum Gasteiger partial charge on any atom is 0.411 e. The summed E-state index contributed by atoms with van der Waals surface area (Å²) >= 11 is 0. The van der Waals surface area contributed by atoms with Crippen LogP contribution in [-0.4, -0.2) is 21.5 Å². The van der Waals surface area contributed by atoms with E-state index in [0.29, 0.717) is 22.3 Å². The Balaban J connectivity index is 1.71. The number of hydrogen-bond acceptors (Lipinski definition) is 4. The van der Waals surface area contributed by atoms with Gasteiger partial charge in [0.1, 0.15) is 0 Å². The van der Waals surface area contributed by atoms with E-state index in [1.54, 1.807) is 34.6 Å². The van der Waals surface area contributed by atoms with Gasteiger partial charge in [-0.15, -0.1) is 0 Å². The highest BCUT2D eigenvalue weighted by atomic mass is 19.4. The van der Waals surface area contributed by atoms with E-state index in [1.165, 1.54) is 12.1 Å². The van der Waals surface area contributed by atoms with E-state index in [9.17, 15) is 45.5 Å². The van der Waals surface area contributed by atoms with E-state index >= 15 is 0 Å². The molecule has 0 aliphatic carbocycles. The van der Waals surface area contributed by atoms with Crippen molar-refractivity contribution in [3.63, 3.8) is 0 Å². The second kappa shape index (κ2) is 9.76. The van der Waals surface area contributed by atoms with Gasteiger partial charge in [0.05, 0.1) is 27.2 Å². The lowest BCUT2D eigenvalue weighted by molar-refractivity contribution is -0.288. The molecule has 0 aliphatic rings. The molecule has 12 heteroatoms. The fourth-order valence-electron chi connectivity index (χ4n) is 5.78. The van der Waals surface area contributed by atoms with Crippen LogP contribution < -0.4 is 22.2 Å². The molecule has 0 unspecified atom stereocenters. The number of halogens is 6. The van der Waals surface area contributed by atoms with Crippen LogP contribution in [0.2, 0.25) is 0 Å². The molecule has 6 nitrogen and oxygen atoms in total. The minimum atomic E-state index is -5.82. The van der Waals surface area contributed by atoms with Crippen molar-refractivity contribution in [2.45, 2.75) is 63.8 Å². The van der Waals surface area contributed by atoms with Gasteiger partial charge < -0.3 is 0 Å². The Morgan fingerprint density at radius 1 is 0.568 bits per heavy atom. The molecular weight excluding hydrogens is 590 g/mol. The second-order valence-electron chi connectivity index (χ2n) is 12.1. The van der Waals surface area contributed by atoms with E-state index in [0.717, 1.165) is 41.0 Å². The molecule has 0 N–H and O–H groups in total. The van der Waals surface area contributed by atoms with E-state index in [1.807, 2.05) is 0 Å². The minimum absolute atomic E-state index is 0.0920. The van der Waals surface area contributed by atoms with Crippen LogP contribution in [0.15, 0.2) is 79.8 Å². The Labute approximate surface area is 245 Å². The molecule has 5 aromatic rings. The normalized spacial score (nSPS) is 13.5. The summed E-state index contributed by atoms with van der Waals surface area (Å²) in [6.07, 6.45) is -11.6. The lowest BCUT2D eigenvalue weighted by atomic mass is 9.72. The zero-order valence-corrected chi connectivity index (χ0v) is 24.1. The summed E-state index contributed by atoms with van der Waals surface area (Å²) < 4.78 is 89.1. The first-order valence-corrected chi connectivity index (χ1v) is 13.5. The Kier molecular flexibility index (Phi) is 6.87. The predicted molar refractivity (Wildman–Crippen MR) is 155 cm³/mol. The average molecular weight is 617 g/mol. The Morgan fingerprint density at radius 2 is 0.932 bits per heavy atom. The molecule has 230 valence electrons. The standard InChI is InChI=1S/C32H26F6N2O4/c1-16(2)17-6-8-18(9-7-17)30(31(33,34)35,32(36,37)38)19-10-12-20(13-11-19)39-25(41)21-14-23-24(15-22(21)26(39)42)28(44)40(27(23)43)29(3,4)5/h6-16H,1-5H3. The number of nitrogens with zero attached hydrogens (tertiary/aromatic N) is 2. The van der Waals surface area contributed by atoms with Gasteiger partial charge in [0.2, 0.25) is 5.41 Å². The van der Waals surface area contributed by atoms with Crippen LogP contribution in [0.25, 0.3) is 27.2 Å². The fourth-order valence-corrected chi connectivity index (χ4v) is 5.78. The molecule has 0 bridgehead atoms. The lowest BCUT2D eigenvalue weighted by Crippen LogP contribution is -2.54. The number of aromatic nitrogens is 2.